The second-order valence-corrected chi connectivity index (χ2v) is 5.53. The van der Waals surface area contributed by atoms with Gasteiger partial charge in [0.25, 0.3) is 5.91 Å². The third kappa shape index (κ3) is 3.32. The van der Waals surface area contributed by atoms with Gasteiger partial charge in [0, 0.05) is 22.3 Å². The standard InChI is InChI=1S/C14H17N3OS/c1-3-11-7-16-13(19-11)8-17-14(18)10-4-5-12(15)9(2)6-10/h4-7H,3,8,15H2,1-2H3,(H,17,18). The predicted molar refractivity (Wildman–Crippen MR) is 78.3 cm³/mol. The molecule has 0 saturated carbocycles. The monoisotopic (exact) mass is 275 g/mol. The van der Waals surface area contributed by atoms with Crippen LogP contribution >= 0.6 is 11.3 Å². The highest BCUT2D eigenvalue weighted by Crippen LogP contribution is 2.14. The minimum Gasteiger partial charge on any atom is -0.399 e. The van der Waals surface area contributed by atoms with Crippen LogP contribution < -0.4 is 11.1 Å². The molecule has 5 heteroatoms. The highest BCUT2D eigenvalue weighted by molar-refractivity contribution is 7.11. The van der Waals surface area contributed by atoms with Gasteiger partial charge in [-0.05, 0) is 37.1 Å². The zero-order valence-corrected chi connectivity index (χ0v) is 11.9. The Kier molecular flexibility index (Phi) is 4.16. The minimum absolute atomic E-state index is 0.101. The third-order valence-electron chi connectivity index (χ3n) is 2.88. The van der Waals surface area contributed by atoms with E-state index in [1.54, 1.807) is 29.5 Å². The lowest BCUT2D eigenvalue weighted by Gasteiger charge is -2.05. The molecule has 1 aromatic heterocycles. The molecule has 0 aliphatic heterocycles. The molecule has 0 radical (unpaired) electrons. The van der Waals surface area contributed by atoms with Gasteiger partial charge >= 0.3 is 0 Å². The van der Waals surface area contributed by atoms with E-state index in [0.717, 1.165) is 17.0 Å². The van der Waals surface area contributed by atoms with Crippen molar-refractivity contribution in [2.24, 2.45) is 0 Å². The summed E-state index contributed by atoms with van der Waals surface area (Å²) < 4.78 is 0. The van der Waals surface area contributed by atoms with Gasteiger partial charge in [-0.15, -0.1) is 11.3 Å². The molecule has 0 atom stereocenters. The van der Waals surface area contributed by atoms with Crippen LogP contribution in [0.25, 0.3) is 0 Å². The first-order valence-corrected chi connectivity index (χ1v) is 6.99. The van der Waals surface area contributed by atoms with E-state index >= 15 is 0 Å². The van der Waals surface area contributed by atoms with E-state index in [2.05, 4.69) is 17.2 Å². The number of anilines is 1. The number of rotatable bonds is 4. The van der Waals surface area contributed by atoms with E-state index in [0.29, 0.717) is 17.8 Å². The molecule has 2 rings (SSSR count). The van der Waals surface area contributed by atoms with Gasteiger partial charge in [0.1, 0.15) is 5.01 Å². The fourth-order valence-corrected chi connectivity index (χ4v) is 2.47. The number of carbonyl (C=O) groups excluding carboxylic acids is 1. The Morgan fingerprint density at radius 1 is 1.47 bits per heavy atom. The van der Waals surface area contributed by atoms with Crippen LogP contribution in [0.15, 0.2) is 24.4 Å². The summed E-state index contributed by atoms with van der Waals surface area (Å²) in [6.07, 6.45) is 2.84. The van der Waals surface area contributed by atoms with Gasteiger partial charge in [0.05, 0.1) is 6.54 Å². The number of thiazole rings is 1. The Bertz CT molecular complexity index is 592. The number of nitrogens with zero attached hydrogens (tertiary/aromatic N) is 1. The average molecular weight is 275 g/mol. The van der Waals surface area contributed by atoms with Crippen LogP contribution in [-0.2, 0) is 13.0 Å². The first-order valence-electron chi connectivity index (χ1n) is 6.18. The first-order chi connectivity index (χ1) is 9.10. The molecule has 0 fully saturated rings. The minimum atomic E-state index is -0.101. The van der Waals surface area contributed by atoms with Gasteiger partial charge in [-0.1, -0.05) is 6.92 Å². The SMILES string of the molecule is CCc1cnc(CNC(=O)c2ccc(N)c(C)c2)s1. The van der Waals surface area contributed by atoms with Crippen LogP contribution in [0.3, 0.4) is 0 Å². The molecule has 0 bridgehead atoms. The topological polar surface area (TPSA) is 68.0 Å². The number of aryl methyl sites for hydroxylation is 2. The van der Waals surface area contributed by atoms with Gasteiger partial charge in [-0.2, -0.15) is 0 Å². The Labute approximate surface area is 116 Å². The lowest BCUT2D eigenvalue weighted by Crippen LogP contribution is -2.22. The second kappa shape index (κ2) is 5.84. The van der Waals surface area contributed by atoms with Crippen LogP contribution in [0, 0.1) is 6.92 Å². The number of benzene rings is 1. The number of hydrogen-bond donors (Lipinski definition) is 2. The summed E-state index contributed by atoms with van der Waals surface area (Å²) in [6.45, 7) is 4.44. The van der Waals surface area contributed by atoms with Gasteiger partial charge in [0.2, 0.25) is 0 Å². The van der Waals surface area contributed by atoms with Crippen molar-refractivity contribution in [2.75, 3.05) is 5.73 Å². The van der Waals surface area contributed by atoms with Crippen LogP contribution in [-0.4, -0.2) is 10.9 Å². The van der Waals surface area contributed by atoms with Crippen molar-refractivity contribution in [3.05, 3.63) is 45.4 Å². The van der Waals surface area contributed by atoms with Crippen molar-refractivity contribution in [3.8, 4) is 0 Å². The maximum atomic E-state index is 12.0. The Morgan fingerprint density at radius 3 is 2.89 bits per heavy atom. The summed E-state index contributed by atoms with van der Waals surface area (Å²) >= 11 is 1.63. The van der Waals surface area contributed by atoms with Crippen molar-refractivity contribution < 1.29 is 4.79 Å². The number of nitrogen functional groups attached to an aromatic ring is 1. The van der Waals surface area contributed by atoms with Crippen molar-refractivity contribution >= 4 is 22.9 Å². The van der Waals surface area contributed by atoms with E-state index in [-0.39, 0.29) is 5.91 Å². The summed E-state index contributed by atoms with van der Waals surface area (Å²) in [5, 5.41) is 3.80. The zero-order valence-electron chi connectivity index (χ0n) is 11.1. The molecule has 0 saturated heterocycles. The normalized spacial score (nSPS) is 10.4. The van der Waals surface area contributed by atoms with E-state index in [1.807, 2.05) is 13.1 Å². The summed E-state index contributed by atoms with van der Waals surface area (Å²) in [6, 6.07) is 5.28. The molecule has 1 aromatic carbocycles. The molecule has 100 valence electrons. The maximum Gasteiger partial charge on any atom is 0.251 e. The molecular formula is C14H17N3OS. The van der Waals surface area contributed by atoms with Crippen molar-refractivity contribution in [3.63, 3.8) is 0 Å². The van der Waals surface area contributed by atoms with Crippen molar-refractivity contribution in [2.45, 2.75) is 26.8 Å². The molecule has 1 heterocycles. The van der Waals surface area contributed by atoms with Crippen LogP contribution in [0.2, 0.25) is 0 Å². The Morgan fingerprint density at radius 2 is 2.26 bits per heavy atom. The average Bonchev–Trinajstić information content (AvgIpc) is 2.87. The second-order valence-electron chi connectivity index (χ2n) is 4.33. The largest absolute Gasteiger partial charge is 0.399 e. The molecule has 1 amide bonds. The third-order valence-corrected chi connectivity index (χ3v) is 4.02. The lowest BCUT2D eigenvalue weighted by atomic mass is 10.1. The summed E-state index contributed by atoms with van der Waals surface area (Å²) in [5.74, 6) is -0.101. The highest BCUT2D eigenvalue weighted by atomic mass is 32.1. The Hall–Kier alpha value is -1.88. The molecule has 2 aromatic rings. The van der Waals surface area contributed by atoms with Crippen molar-refractivity contribution in [1.82, 2.24) is 10.3 Å². The van der Waals surface area contributed by atoms with Crippen LogP contribution in [0.4, 0.5) is 5.69 Å². The highest BCUT2D eigenvalue weighted by Gasteiger charge is 2.08. The molecule has 0 unspecified atom stereocenters. The smallest absolute Gasteiger partial charge is 0.251 e. The van der Waals surface area contributed by atoms with Crippen molar-refractivity contribution in [1.29, 1.82) is 0 Å². The summed E-state index contributed by atoms with van der Waals surface area (Å²) in [5.41, 5.74) is 7.97. The van der Waals surface area contributed by atoms with Crippen LogP contribution in [0.1, 0.15) is 32.7 Å². The molecule has 3 N–H and O–H groups in total. The molecule has 0 aliphatic carbocycles. The number of amides is 1. The van der Waals surface area contributed by atoms with E-state index < -0.39 is 0 Å². The van der Waals surface area contributed by atoms with Gasteiger partial charge in [-0.25, -0.2) is 4.98 Å². The molecular weight excluding hydrogens is 258 g/mol. The number of aromatic nitrogens is 1. The lowest BCUT2D eigenvalue weighted by molar-refractivity contribution is 0.0951. The predicted octanol–water partition coefficient (Wildman–Crippen LogP) is 2.53. The van der Waals surface area contributed by atoms with E-state index in [4.69, 9.17) is 5.73 Å². The summed E-state index contributed by atoms with van der Waals surface area (Å²) in [4.78, 5) is 17.5. The summed E-state index contributed by atoms with van der Waals surface area (Å²) in [7, 11) is 0. The van der Waals surface area contributed by atoms with Gasteiger partial charge in [0.15, 0.2) is 0 Å². The molecule has 19 heavy (non-hydrogen) atoms. The number of carbonyl (C=O) groups is 1. The fraction of sp³-hybridized carbons (Fsp3) is 0.286. The van der Waals surface area contributed by atoms with Gasteiger partial charge < -0.3 is 11.1 Å². The number of nitrogens with one attached hydrogen (secondary N) is 1. The van der Waals surface area contributed by atoms with Gasteiger partial charge in [-0.3, -0.25) is 4.79 Å². The molecule has 4 nitrogen and oxygen atoms in total. The first kappa shape index (κ1) is 13.5. The quantitative estimate of drug-likeness (QED) is 0.842. The number of hydrogen-bond acceptors (Lipinski definition) is 4. The van der Waals surface area contributed by atoms with E-state index in [9.17, 15) is 4.79 Å². The van der Waals surface area contributed by atoms with Crippen LogP contribution in [0.5, 0.6) is 0 Å². The maximum absolute atomic E-state index is 12.0. The fourth-order valence-electron chi connectivity index (χ4n) is 1.67. The number of nitrogens with two attached hydrogens (primary N) is 1. The Balaban J connectivity index is 1.99. The molecule has 0 spiro atoms. The van der Waals surface area contributed by atoms with E-state index in [1.165, 1.54) is 4.88 Å². The zero-order chi connectivity index (χ0) is 13.8. The molecule has 0 aliphatic rings.